The number of aryl methyl sites for hydroxylation is 1. The molecule has 1 saturated heterocycles. The molecule has 2 heterocycles. The first-order chi connectivity index (χ1) is 17.8. The Morgan fingerprint density at radius 1 is 1.14 bits per heavy atom. The van der Waals surface area contributed by atoms with Gasteiger partial charge in [-0.3, -0.25) is 14.5 Å². The highest BCUT2D eigenvalue weighted by Gasteiger charge is 2.48. The largest absolute Gasteiger partial charge is 0.507 e. The summed E-state index contributed by atoms with van der Waals surface area (Å²) in [5.74, 6) is -2.77. The van der Waals surface area contributed by atoms with Crippen molar-refractivity contribution < 1.29 is 33.4 Å². The zero-order valence-electron chi connectivity index (χ0n) is 20.5. The van der Waals surface area contributed by atoms with Gasteiger partial charge in [-0.05, 0) is 55.3 Å². The minimum Gasteiger partial charge on any atom is -0.507 e. The number of carbonyl (C=O) groups excluding carboxylic acids is 3. The molecule has 0 saturated carbocycles. The number of nitrogens with zero attached hydrogens (tertiary/aromatic N) is 2. The number of carbonyl (C=O) groups is 3. The Hall–Kier alpha value is -4.05. The van der Waals surface area contributed by atoms with Crippen LogP contribution in [0.4, 0.5) is 9.52 Å². The highest BCUT2D eigenvalue weighted by Crippen LogP contribution is 2.44. The topological polar surface area (TPSA) is 106 Å². The molecule has 1 amide bonds. The van der Waals surface area contributed by atoms with Crippen LogP contribution in [0.15, 0.2) is 54.1 Å². The summed E-state index contributed by atoms with van der Waals surface area (Å²) in [5, 5.41) is 11.3. The van der Waals surface area contributed by atoms with E-state index in [2.05, 4.69) is 11.9 Å². The van der Waals surface area contributed by atoms with Gasteiger partial charge in [0, 0.05) is 5.56 Å². The number of unbranched alkanes of at least 4 members (excludes halogenated alkanes) is 1. The Balaban J connectivity index is 1.81. The van der Waals surface area contributed by atoms with E-state index in [1.807, 2.05) is 0 Å². The molecule has 0 spiro atoms. The zero-order chi connectivity index (χ0) is 26.7. The van der Waals surface area contributed by atoms with Crippen molar-refractivity contribution in [2.75, 3.05) is 18.6 Å². The Morgan fingerprint density at radius 2 is 1.81 bits per heavy atom. The van der Waals surface area contributed by atoms with Crippen LogP contribution in [-0.2, 0) is 14.3 Å². The SMILES string of the molecule is CCCCOc1ccc(C(O)=C2C(=O)C(=O)N(c3nc(C)c(C(=O)OC)s3)[C@@H]2c2ccc(F)cc2)cc1. The Bertz CT molecular complexity index is 1360. The fourth-order valence-corrected chi connectivity index (χ4v) is 4.97. The van der Waals surface area contributed by atoms with Crippen molar-refractivity contribution in [1.82, 2.24) is 4.98 Å². The summed E-state index contributed by atoms with van der Waals surface area (Å²) < 4.78 is 24.2. The van der Waals surface area contributed by atoms with Gasteiger partial charge in [0.25, 0.3) is 5.78 Å². The van der Waals surface area contributed by atoms with Crippen molar-refractivity contribution in [1.29, 1.82) is 0 Å². The lowest BCUT2D eigenvalue weighted by Crippen LogP contribution is -2.29. The third kappa shape index (κ3) is 5.10. The molecule has 1 aliphatic heterocycles. The predicted octanol–water partition coefficient (Wildman–Crippen LogP) is 5.18. The summed E-state index contributed by atoms with van der Waals surface area (Å²) in [4.78, 5) is 44.3. The number of anilines is 1. The molecule has 0 bridgehead atoms. The van der Waals surface area contributed by atoms with Crippen LogP contribution in [0.2, 0.25) is 0 Å². The first-order valence-corrected chi connectivity index (χ1v) is 12.4. The maximum atomic E-state index is 13.7. The van der Waals surface area contributed by atoms with Crippen LogP contribution in [0.25, 0.3) is 5.76 Å². The number of halogens is 1. The number of hydrogen-bond acceptors (Lipinski definition) is 8. The molecule has 4 rings (SSSR count). The monoisotopic (exact) mass is 524 g/mol. The van der Waals surface area contributed by atoms with E-state index in [9.17, 15) is 23.9 Å². The Labute approximate surface area is 217 Å². The molecular weight excluding hydrogens is 499 g/mol. The molecule has 10 heteroatoms. The molecule has 1 N–H and O–H groups in total. The summed E-state index contributed by atoms with van der Waals surface area (Å²) in [7, 11) is 1.23. The molecule has 192 valence electrons. The van der Waals surface area contributed by atoms with Gasteiger partial charge < -0.3 is 14.6 Å². The summed E-state index contributed by atoms with van der Waals surface area (Å²) >= 11 is 0.890. The molecule has 0 aliphatic carbocycles. The van der Waals surface area contributed by atoms with E-state index in [0.717, 1.165) is 29.1 Å². The van der Waals surface area contributed by atoms with Crippen molar-refractivity contribution in [2.45, 2.75) is 32.7 Å². The first-order valence-electron chi connectivity index (χ1n) is 11.6. The number of esters is 1. The van der Waals surface area contributed by atoms with E-state index < -0.39 is 35.3 Å². The number of methoxy groups -OCH3 is 1. The lowest BCUT2D eigenvalue weighted by molar-refractivity contribution is -0.132. The molecule has 0 radical (unpaired) electrons. The van der Waals surface area contributed by atoms with Crippen molar-refractivity contribution in [2.24, 2.45) is 0 Å². The second kappa shape index (κ2) is 10.9. The van der Waals surface area contributed by atoms with Crippen molar-refractivity contribution in [3.63, 3.8) is 0 Å². The van der Waals surface area contributed by atoms with E-state index in [-0.39, 0.29) is 15.6 Å². The third-order valence-corrected chi connectivity index (χ3v) is 7.02. The van der Waals surface area contributed by atoms with Crippen LogP contribution in [0.3, 0.4) is 0 Å². The lowest BCUT2D eigenvalue weighted by atomic mass is 9.95. The molecule has 1 aliphatic rings. The molecule has 3 aromatic rings. The third-order valence-electron chi connectivity index (χ3n) is 5.89. The minimum atomic E-state index is -1.10. The van der Waals surface area contributed by atoms with Crippen LogP contribution in [-0.4, -0.2) is 41.5 Å². The average Bonchev–Trinajstić information content (AvgIpc) is 3.40. The smallest absolute Gasteiger partial charge is 0.350 e. The van der Waals surface area contributed by atoms with Gasteiger partial charge in [0.2, 0.25) is 0 Å². The normalized spacial score (nSPS) is 16.8. The Kier molecular flexibility index (Phi) is 7.68. The summed E-state index contributed by atoms with van der Waals surface area (Å²) in [6.45, 7) is 4.19. The van der Waals surface area contributed by atoms with Gasteiger partial charge in [-0.15, -0.1) is 0 Å². The number of ether oxygens (including phenoxy) is 2. The number of benzene rings is 2. The standard InChI is InChI=1S/C27H25FN2O6S/c1-4-5-14-36-19-12-8-17(9-13-19)22(31)20-21(16-6-10-18(28)11-7-16)30(25(33)23(20)32)27-29-15(2)24(37-27)26(34)35-3/h6-13,21,31H,4-5,14H2,1-3H3/t21-/m1/s1. The number of thiazole rings is 1. The number of amides is 1. The maximum Gasteiger partial charge on any atom is 0.350 e. The fourth-order valence-electron chi connectivity index (χ4n) is 3.96. The van der Waals surface area contributed by atoms with Crippen LogP contribution in [0.1, 0.15) is 52.3 Å². The van der Waals surface area contributed by atoms with Crippen molar-refractivity contribution in [3.05, 3.63) is 81.6 Å². The van der Waals surface area contributed by atoms with E-state index in [0.29, 0.717) is 29.2 Å². The molecule has 1 fully saturated rings. The van der Waals surface area contributed by atoms with Crippen molar-refractivity contribution in [3.8, 4) is 5.75 Å². The van der Waals surface area contributed by atoms with Gasteiger partial charge in [0.15, 0.2) is 5.13 Å². The number of ketones is 1. The number of rotatable bonds is 8. The number of Topliss-reactive ketones (excluding diaryl/α,β-unsaturated/α-hetero) is 1. The highest BCUT2D eigenvalue weighted by atomic mass is 32.1. The van der Waals surface area contributed by atoms with Gasteiger partial charge in [0.05, 0.1) is 31.0 Å². The number of aliphatic hydroxyl groups is 1. The van der Waals surface area contributed by atoms with Crippen LogP contribution in [0.5, 0.6) is 5.75 Å². The average molecular weight is 525 g/mol. The summed E-state index contributed by atoms with van der Waals surface area (Å²) in [6.07, 6.45) is 1.89. The van der Waals surface area contributed by atoms with Gasteiger partial charge in [-0.2, -0.15) is 0 Å². The van der Waals surface area contributed by atoms with E-state index in [4.69, 9.17) is 9.47 Å². The number of aliphatic hydroxyl groups excluding tert-OH is 1. The van der Waals surface area contributed by atoms with Gasteiger partial charge in [0.1, 0.15) is 22.2 Å². The molecule has 37 heavy (non-hydrogen) atoms. The van der Waals surface area contributed by atoms with E-state index in [1.54, 1.807) is 31.2 Å². The highest BCUT2D eigenvalue weighted by molar-refractivity contribution is 7.17. The first kappa shape index (κ1) is 26.0. The second-order valence-electron chi connectivity index (χ2n) is 8.35. The van der Waals surface area contributed by atoms with E-state index >= 15 is 0 Å². The van der Waals surface area contributed by atoms with Crippen molar-refractivity contribution >= 4 is 39.9 Å². The van der Waals surface area contributed by atoms with Gasteiger partial charge in [-0.25, -0.2) is 14.2 Å². The van der Waals surface area contributed by atoms with Gasteiger partial charge >= 0.3 is 11.9 Å². The van der Waals surface area contributed by atoms with Crippen LogP contribution >= 0.6 is 11.3 Å². The maximum absolute atomic E-state index is 13.7. The summed E-state index contributed by atoms with van der Waals surface area (Å²) in [5.41, 5.74) is 0.835. The quantitative estimate of drug-likeness (QED) is 0.142. The lowest BCUT2D eigenvalue weighted by Gasteiger charge is -2.23. The van der Waals surface area contributed by atoms with Gasteiger partial charge in [-0.1, -0.05) is 36.8 Å². The predicted molar refractivity (Wildman–Crippen MR) is 136 cm³/mol. The molecule has 1 aromatic heterocycles. The number of hydrogen-bond donors (Lipinski definition) is 1. The van der Waals surface area contributed by atoms with E-state index in [1.165, 1.54) is 31.4 Å². The molecule has 0 unspecified atom stereocenters. The zero-order valence-corrected chi connectivity index (χ0v) is 21.3. The van der Waals surface area contributed by atoms with Crippen LogP contribution < -0.4 is 9.64 Å². The fraction of sp³-hybridized carbons (Fsp3) is 0.259. The minimum absolute atomic E-state index is 0.0769. The Morgan fingerprint density at radius 3 is 2.43 bits per heavy atom. The molecule has 1 atom stereocenters. The molecular formula is C27H25FN2O6S. The second-order valence-corrected chi connectivity index (χ2v) is 9.33. The molecule has 2 aromatic carbocycles. The molecule has 8 nitrogen and oxygen atoms in total. The van der Waals surface area contributed by atoms with Crippen LogP contribution in [0, 0.1) is 12.7 Å². The number of aromatic nitrogens is 1. The summed E-state index contributed by atoms with van der Waals surface area (Å²) in [6, 6.07) is 10.7.